The molecule has 0 radical (unpaired) electrons. The molecule has 1 aromatic carbocycles. The van der Waals surface area contributed by atoms with Crippen LogP contribution in [0.3, 0.4) is 0 Å². The number of nitrogens with zero attached hydrogens (tertiary/aromatic N) is 1. The van der Waals surface area contributed by atoms with E-state index in [0.29, 0.717) is 19.6 Å². The summed E-state index contributed by atoms with van der Waals surface area (Å²) in [6, 6.07) is 12.1. The minimum absolute atomic E-state index is 0.254. The molecule has 0 amide bonds. The lowest BCUT2D eigenvalue weighted by Crippen LogP contribution is -2.19. The van der Waals surface area contributed by atoms with Crippen molar-refractivity contribution in [2.75, 3.05) is 6.61 Å². The summed E-state index contributed by atoms with van der Waals surface area (Å²) in [5, 5.41) is 18.7. The SMILES string of the molecule is N#CC1(CC(O)COCc2ccccc2)CC1. The van der Waals surface area contributed by atoms with Gasteiger partial charge in [-0.2, -0.15) is 5.26 Å². The van der Waals surface area contributed by atoms with Crippen LogP contribution in [-0.4, -0.2) is 17.8 Å². The van der Waals surface area contributed by atoms with Gasteiger partial charge in [0.25, 0.3) is 0 Å². The average molecular weight is 231 g/mol. The molecule has 3 heteroatoms. The maximum Gasteiger partial charge on any atom is 0.0789 e. The van der Waals surface area contributed by atoms with Crippen molar-refractivity contribution in [1.29, 1.82) is 5.26 Å². The van der Waals surface area contributed by atoms with Crippen LogP contribution in [0.15, 0.2) is 30.3 Å². The monoisotopic (exact) mass is 231 g/mol. The lowest BCUT2D eigenvalue weighted by atomic mass is 10.0. The summed E-state index contributed by atoms with van der Waals surface area (Å²) in [6.07, 6.45) is 1.84. The van der Waals surface area contributed by atoms with Crippen molar-refractivity contribution in [2.24, 2.45) is 5.41 Å². The fourth-order valence-electron chi connectivity index (χ4n) is 1.91. The van der Waals surface area contributed by atoms with Crippen LogP contribution >= 0.6 is 0 Å². The van der Waals surface area contributed by atoms with Crippen molar-refractivity contribution in [3.63, 3.8) is 0 Å². The maximum absolute atomic E-state index is 9.76. The molecule has 0 spiro atoms. The summed E-state index contributed by atoms with van der Waals surface area (Å²) in [5.74, 6) is 0. The van der Waals surface area contributed by atoms with E-state index in [4.69, 9.17) is 10.00 Å². The van der Waals surface area contributed by atoms with Crippen LogP contribution in [0.2, 0.25) is 0 Å². The van der Waals surface area contributed by atoms with Gasteiger partial charge in [0.05, 0.1) is 30.8 Å². The van der Waals surface area contributed by atoms with Crippen LogP contribution in [0, 0.1) is 16.7 Å². The van der Waals surface area contributed by atoms with E-state index in [1.54, 1.807) is 0 Å². The van der Waals surface area contributed by atoms with Crippen molar-refractivity contribution in [2.45, 2.75) is 32.0 Å². The van der Waals surface area contributed by atoms with Crippen molar-refractivity contribution in [3.05, 3.63) is 35.9 Å². The van der Waals surface area contributed by atoms with Gasteiger partial charge in [-0.25, -0.2) is 0 Å². The molecule has 0 aromatic heterocycles. The second-order valence-electron chi connectivity index (χ2n) is 4.75. The Morgan fingerprint density at radius 2 is 2.06 bits per heavy atom. The summed E-state index contributed by atoms with van der Waals surface area (Å²) in [7, 11) is 0. The Bertz CT molecular complexity index is 392. The lowest BCUT2D eigenvalue weighted by molar-refractivity contribution is 0.0181. The van der Waals surface area contributed by atoms with Gasteiger partial charge >= 0.3 is 0 Å². The van der Waals surface area contributed by atoms with E-state index in [1.807, 2.05) is 30.3 Å². The third kappa shape index (κ3) is 3.55. The van der Waals surface area contributed by atoms with Gasteiger partial charge < -0.3 is 9.84 Å². The highest BCUT2D eigenvalue weighted by Crippen LogP contribution is 2.48. The molecule has 1 aliphatic rings. The van der Waals surface area contributed by atoms with Crippen LogP contribution < -0.4 is 0 Å². The molecule has 1 aromatic rings. The van der Waals surface area contributed by atoms with Crippen molar-refractivity contribution in [3.8, 4) is 6.07 Å². The van der Waals surface area contributed by atoms with Crippen molar-refractivity contribution < 1.29 is 9.84 Å². The molecule has 1 saturated carbocycles. The molecule has 1 atom stereocenters. The molecule has 1 unspecified atom stereocenters. The Hall–Kier alpha value is -1.37. The third-order valence-corrected chi connectivity index (χ3v) is 3.14. The van der Waals surface area contributed by atoms with Crippen LogP contribution in [-0.2, 0) is 11.3 Å². The number of hydrogen-bond donors (Lipinski definition) is 1. The molecule has 0 bridgehead atoms. The van der Waals surface area contributed by atoms with Crippen LogP contribution in [0.4, 0.5) is 0 Å². The summed E-state index contributed by atoms with van der Waals surface area (Å²) < 4.78 is 5.44. The number of ether oxygens (including phenoxy) is 1. The Morgan fingerprint density at radius 1 is 1.35 bits per heavy atom. The first-order valence-electron chi connectivity index (χ1n) is 5.95. The number of hydrogen-bond acceptors (Lipinski definition) is 3. The van der Waals surface area contributed by atoms with Gasteiger partial charge in [-0.3, -0.25) is 0 Å². The maximum atomic E-state index is 9.76. The molecule has 0 aliphatic heterocycles. The Balaban J connectivity index is 1.67. The van der Waals surface area contributed by atoms with E-state index >= 15 is 0 Å². The predicted octanol–water partition coefficient (Wildman–Crippen LogP) is 2.26. The summed E-state index contributed by atoms with van der Waals surface area (Å²) >= 11 is 0. The molecule has 17 heavy (non-hydrogen) atoms. The molecule has 1 aliphatic carbocycles. The highest BCUT2D eigenvalue weighted by Gasteiger charge is 2.44. The summed E-state index contributed by atoms with van der Waals surface area (Å²) in [4.78, 5) is 0. The van der Waals surface area contributed by atoms with Gasteiger partial charge in [0, 0.05) is 0 Å². The predicted molar refractivity (Wildman–Crippen MR) is 64.0 cm³/mol. The molecule has 2 rings (SSSR count). The normalized spacial score (nSPS) is 18.4. The van der Waals surface area contributed by atoms with E-state index in [1.165, 1.54) is 0 Å². The first-order valence-corrected chi connectivity index (χ1v) is 5.95. The smallest absolute Gasteiger partial charge is 0.0789 e. The molecule has 1 N–H and O–H groups in total. The largest absolute Gasteiger partial charge is 0.391 e. The molecule has 3 nitrogen and oxygen atoms in total. The number of rotatable bonds is 6. The van der Waals surface area contributed by atoms with E-state index in [-0.39, 0.29) is 5.41 Å². The minimum Gasteiger partial charge on any atom is -0.391 e. The standard InChI is InChI=1S/C14H17NO2/c15-11-14(6-7-14)8-13(16)10-17-9-12-4-2-1-3-5-12/h1-5,13,16H,6-10H2. The zero-order valence-electron chi connectivity index (χ0n) is 9.80. The van der Waals surface area contributed by atoms with Gasteiger partial charge in [-0.1, -0.05) is 30.3 Å². The molecular weight excluding hydrogens is 214 g/mol. The second kappa shape index (κ2) is 5.31. The van der Waals surface area contributed by atoms with Gasteiger partial charge in [-0.15, -0.1) is 0 Å². The van der Waals surface area contributed by atoms with Crippen LogP contribution in [0.5, 0.6) is 0 Å². The third-order valence-electron chi connectivity index (χ3n) is 3.14. The topological polar surface area (TPSA) is 53.2 Å². The number of aliphatic hydroxyl groups excluding tert-OH is 1. The molecule has 0 saturated heterocycles. The number of nitriles is 1. The second-order valence-corrected chi connectivity index (χ2v) is 4.75. The Kier molecular flexibility index (Phi) is 3.78. The fourth-order valence-corrected chi connectivity index (χ4v) is 1.91. The lowest BCUT2D eigenvalue weighted by Gasteiger charge is -2.13. The summed E-state index contributed by atoms with van der Waals surface area (Å²) in [5.41, 5.74) is 0.844. The van der Waals surface area contributed by atoms with E-state index in [9.17, 15) is 5.11 Å². The van der Waals surface area contributed by atoms with E-state index in [0.717, 1.165) is 18.4 Å². The van der Waals surface area contributed by atoms with Crippen LogP contribution in [0.25, 0.3) is 0 Å². The first-order chi connectivity index (χ1) is 8.24. The molecule has 1 fully saturated rings. The quantitative estimate of drug-likeness (QED) is 0.817. The number of aliphatic hydroxyl groups is 1. The Morgan fingerprint density at radius 3 is 2.65 bits per heavy atom. The molecular formula is C14H17NO2. The summed E-state index contributed by atoms with van der Waals surface area (Å²) in [6.45, 7) is 0.815. The van der Waals surface area contributed by atoms with Crippen molar-refractivity contribution >= 4 is 0 Å². The first kappa shape index (κ1) is 12.1. The van der Waals surface area contributed by atoms with E-state index in [2.05, 4.69) is 6.07 Å². The Labute approximate surface area is 102 Å². The van der Waals surface area contributed by atoms with Gasteiger partial charge in [0.1, 0.15) is 0 Å². The minimum atomic E-state index is -0.527. The van der Waals surface area contributed by atoms with Gasteiger partial charge in [-0.05, 0) is 24.8 Å². The highest BCUT2D eigenvalue weighted by molar-refractivity contribution is 5.13. The number of benzene rings is 1. The van der Waals surface area contributed by atoms with Gasteiger partial charge in [0.2, 0.25) is 0 Å². The molecule has 0 heterocycles. The fraction of sp³-hybridized carbons (Fsp3) is 0.500. The van der Waals surface area contributed by atoms with E-state index < -0.39 is 6.10 Å². The van der Waals surface area contributed by atoms with Crippen LogP contribution in [0.1, 0.15) is 24.8 Å². The highest BCUT2D eigenvalue weighted by atomic mass is 16.5. The molecule has 90 valence electrons. The average Bonchev–Trinajstić information content (AvgIpc) is 3.11. The zero-order chi connectivity index (χ0) is 12.1. The van der Waals surface area contributed by atoms with Gasteiger partial charge in [0.15, 0.2) is 0 Å². The zero-order valence-corrected chi connectivity index (χ0v) is 9.80. The van der Waals surface area contributed by atoms with Crippen molar-refractivity contribution in [1.82, 2.24) is 0 Å².